The van der Waals surface area contributed by atoms with Crippen molar-refractivity contribution in [1.82, 2.24) is 4.68 Å². The molecule has 0 saturated carbocycles. The summed E-state index contributed by atoms with van der Waals surface area (Å²) < 4.78 is 23.7. The van der Waals surface area contributed by atoms with Crippen LogP contribution in [0.3, 0.4) is 0 Å². The summed E-state index contributed by atoms with van der Waals surface area (Å²) >= 11 is 1.52. The first-order chi connectivity index (χ1) is 17.1. The number of hydrogen-bond acceptors (Lipinski definition) is 7. The predicted molar refractivity (Wildman–Crippen MR) is 142 cm³/mol. The highest BCUT2D eigenvalue weighted by atomic mass is 32.1. The minimum Gasteiger partial charge on any atom is -0.497 e. The molecule has 0 aliphatic rings. The maximum Gasteiger partial charge on any atom is 0.206 e. The number of rotatable bonds is 9. The van der Waals surface area contributed by atoms with Gasteiger partial charge in [-0.25, -0.2) is 4.68 Å². The van der Waals surface area contributed by atoms with E-state index in [2.05, 4.69) is 29.8 Å². The standard InChI is InChI=1S/C27H27N3O4S/c1-6-11-28-27-30(29-16-23-25(33-4)14-22(32-3)15-26(23)34-5)24(17-35-27)20-8-7-19-13-21(31-2)10-9-18(19)12-20/h6-10,12-17H,1,11H2,2-5H3. The molecule has 0 amide bonds. The highest BCUT2D eigenvalue weighted by Crippen LogP contribution is 2.33. The number of thiazole rings is 1. The molecule has 0 N–H and O–H groups in total. The van der Waals surface area contributed by atoms with E-state index in [4.69, 9.17) is 24.0 Å². The summed E-state index contributed by atoms with van der Waals surface area (Å²) in [5.74, 6) is 2.64. The molecule has 4 aromatic rings. The van der Waals surface area contributed by atoms with Gasteiger partial charge in [-0.1, -0.05) is 24.3 Å². The molecule has 0 aliphatic carbocycles. The third kappa shape index (κ3) is 5.07. The maximum atomic E-state index is 5.57. The van der Waals surface area contributed by atoms with Gasteiger partial charge in [-0.2, -0.15) is 5.10 Å². The second-order valence-corrected chi connectivity index (χ2v) is 8.30. The third-order valence-electron chi connectivity index (χ3n) is 5.44. The van der Waals surface area contributed by atoms with Gasteiger partial charge >= 0.3 is 0 Å². The van der Waals surface area contributed by atoms with Gasteiger partial charge in [0.25, 0.3) is 0 Å². The second kappa shape index (κ2) is 10.9. The summed E-state index contributed by atoms with van der Waals surface area (Å²) in [6.07, 6.45) is 3.47. The van der Waals surface area contributed by atoms with Crippen molar-refractivity contribution in [2.24, 2.45) is 10.1 Å². The van der Waals surface area contributed by atoms with Crippen LogP contribution in [0.1, 0.15) is 5.56 Å². The normalized spacial score (nSPS) is 11.7. The molecular weight excluding hydrogens is 462 g/mol. The molecule has 180 valence electrons. The Morgan fingerprint density at radius 3 is 2.20 bits per heavy atom. The fraction of sp³-hybridized carbons (Fsp3) is 0.185. The Kier molecular flexibility index (Phi) is 7.52. The van der Waals surface area contributed by atoms with Gasteiger partial charge in [-0.05, 0) is 29.0 Å². The van der Waals surface area contributed by atoms with Crippen molar-refractivity contribution in [1.29, 1.82) is 0 Å². The summed E-state index contributed by atoms with van der Waals surface area (Å²) in [4.78, 5) is 5.38. The molecule has 7 nitrogen and oxygen atoms in total. The number of aromatic nitrogens is 1. The Balaban J connectivity index is 1.84. The van der Waals surface area contributed by atoms with Gasteiger partial charge < -0.3 is 18.9 Å². The lowest BCUT2D eigenvalue weighted by molar-refractivity contribution is 0.374. The highest BCUT2D eigenvalue weighted by molar-refractivity contribution is 7.07. The monoisotopic (exact) mass is 489 g/mol. The molecule has 0 radical (unpaired) electrons. The van der Waals surface area contributed by atoms with E-state index in [1.165, 1.54) is 11.3 Å². The molecule has 1 aromatic heterocycles. The fourth-order valence-corrected chi connectivity index (χ4v) is 4.49. The minimum atomic E-state index is 0.488. The zero-order valence-electron chi connectivity index (χ0n) is 20.1. The van der Waals surface area contributed by atoms with Crippen LogP contribution >= 0.6 is 11.3 Å². The molecule has 1 heterocycles. The summed E-state index contributed by atoms with van der Waals surface area (Å²) in [7, 11) is 6.47. The number of benzene rings is 3. The average Bonchev–Trinajstić information content (AvgIpc) is 3.31. The quantitative estimate of drug-likeness (QED) is 0.234. The van der Waals surface area contributed by atoms with Gasteiger partial charge in [0.2, 0.25) is 4.80 Å². The molecular formula is C27H27N3O4S. The van der Waals surface area contributed by atoms with Crippen molar-refractivity contribution in [3.63, 3.8) is 0 Å². The Hall–Kier alpha value is -4.04. The van der Waals surface area contributed by atoms with Crippen LogP contribution in [0, 0.1) is 0 Å². The van der Waals surface area contributed by atoms with Crippen molar-refractivity contribution in [2.75, 3.05) is 35.0 Å². The van der Waals surface area contributed by atoms with E-state index in [0.717, 1.165) is 32.6 Å². The number of nitrogens with zero attached hydrogens (tertiary/aromatic N) is 3. The van der Waals surface area contributed by atoms with E-state index in [0.29, 0.717) is 29.4 Å². The molecule has 0 unspecified atom stereocenters. The molecule has 8 heteroatoms. The van der Waals surface area contributed by atoms with Gasteiger partial charge in [0.05, 0.1) is 52.5 Å². The predicted octanol–water partition coefficient (Wildman–Crippen LogP) is 5.37. The zero-order chi connectivity index (χ0) is 24.8. The minimum absolute atomic E-state index is 0.488. The van der Waals surface area contributed by atoms with Gasteiger partial charge in [-0.3, -0.25) is 4.99 Å². The molecule has 3 aromatic carbocycles. The molecule has 0 aliphatic heterocycles. The van der Waals surface area contributed by atoms with Crippen LogP contribution in [-0.4, -0.2) is 45.9 Å². The molecule has 35 heavy (non-hydrogen) atoms. The maximum absolute atomic E-state index is 5.57. The molecule has 0 saturated heterocycles. The smallest absolute Gasteiger partial charge is 0.206 e. The van der Waals surface area contributed by atoms with E-state index >= 15 is 0 Å². The third-order valence-corrected chi connectivity index (χ3v) is 6.29. The lowest BCUT2D eigenvalue weighted by atomic mass is 10.1. The van der Waals surface area contributed by atoms with Crippen molar-refractivity contribution >= 4 is 28.3 Å². The van der Waals surface area contributed by atoms with Gasteiger partial charge in [0.15, 0.2) is 0 Å². The lowest BCUT2D eigenvalue weighted by Crippen LogP contribution is -2.12. The second-order valence-electron chi connectivity index (χ2n) is 7.46. The lowest BCUT2D eigenvalue weighted by Gasteiger charge is -2.12. The SMILES string of the molecule is C=CCN=c1scc(-c2ccc3cc(OC)ccc3c2)n1N=Cc1c(OC)cc(OC)cc1OC. The molecule has 0 fully saturated rings. The Morgan fingerprint density at radius 1 is 0.857 bits per heavy atom. The average molecular weight is 490 g/mol. The first-order valence-corrected chi connectivity index (χ1v) is 11.7. The Bertz CT molecular complexity index is 1430. The van der Waals surface area contributed by atoms with Crippen LogP contribution in [-0.2, 0) is 0 Å². The number of hydrogen-bond donors (Lipinski definition) is 0. The Morgan fingerprint density at radius 2 is 1.54 bits per heavy atom. The summed E-state index contributed by atoms with van der Waals surface area (Å²) in [5, 5.41) is 9.05. The zero-order valence-corrected chi connectivity index (χ0v) is 21.0. The van der Waals surface area contributed by atoms with E-state index in [9.17, 15) is 0 Å². The van der Waals surface area contributed by atoms with E-state index in [1.807, 2.05) is 28.3 Å². The largest absolute Gasteiger partial charge is 0.497 e. The first-order valence-electron chi connectivity index (χ1n) is 10.9. The van der Waals surface area contributed by atoms with Crippen LogP contribution in [0.4, 0.5) is 0 Å². The van der Waals surface area contributed by atoms with Gasteiger partial charge in [0.1, 0.15) is 23.0 Å². The van der Waals surface area contributed by atoms with E-state index in [1.54, 1.807) is 52.9 Å². The van der Waals surface area contributed by atoms with Crippen molar-refractivity contribution in [3.8, 4) is 34.3 Å². The van der Waals surface area contributed by atoms with Gasteiger partial charge in [0, 0.05) is 23.1 Å². The van der Waals surface area contributed by atoms with Crippen LogP contribution in [0.25, 0.3) is 22.0 Å². The van der Waals surface area contributed by atoms with Crippen LogP contribution < -0.4 is 23.7 Å². The Labute approximate surface area is 208 Å². The topological polar surface area (TPSA) is 66.6 Å². The van der Waals surface area contributed by atoms with E-state index < -0.39 is 0 Å². The molecule has 0 bridgehead atoms. The molecule has 0 atom stereocenters. The van der Waals surface area contributed by atoms with Gasteiger partial charge in [-0.15, -0.1) is 17.9 Å². The van der Waals surface area contributed by atoms with Crippen LogP contribution in [0.2, 0.25) is 0 Å². The van der Waals surface area contributed by atoms with Crippen molar-refractivity contribution in [3.05, 3.63) is 76.9 Å². The number of ether oxygens (including phenoxy) is 4. The molecule has 4 rings (SSSR count). The van der Waals surface area contributed by atoms with Crippen LogP contribution in [0.5, 0.6) is 23.0 Å². The van der Waals surface area contributed by atoms with Crippen molar-refractivity contribution < 1.29 is 18.9 Å². The summed E-state index contributed by atoms with van der Waals surface area (Å²) in [5.41, 5.74) is 2.63. The fourth-order valence-electron chi connectivity index (χ4n) is 3.65. The highest BCUT2D eigenvalue weighted by Gasteiger charge is 2.13. The van der Waals surface area contributed by atoms with Crippen molar-refractivity contribution in [2.45, 2.75) is 0 Å². The summed E-state index contributed by atoms with van der Waals surface area (Å²) in [6, 6.07) is 15.9. The number of methoxy groups -OCH3 is 4. The molecule has 0 spiro atoms. The summed E-state index contributed by atoms with van der Waals surface area (Å²) in [6.45, 7) is 4.27. The van der Waals surface area contributed by atoms with Crippen LogP contribution in [0.15, 0.2) is 76.7 Å². The first kappa shape index (κ1) is 24.1. The van der Waals surface area contributed by atoms with E-state index in [-0.39, 0.29) is 0 Å². The number of fused-ring (bicyclic) bond motifs is 1.